The SMILES string of the molecule is CCCCCCCCCCCCCCCCCCCCCCCCCCCCCCCCC(=O)OC(CO)COC(=O)CCCCCCCCCCCCCCCCCCCCCCCCCCC. The molecule has 0 spiro atoms. The Bertz CT molecular complexity index is 968. The summed E-state index contributed by atoms with van der Waals surface area (Å²) >= 11 is 0. The summed E-state index contributed by atoms with van der Waals surface area (Å²) in [6.45, 7) is 4.22. The standard InChI is InChI=1S/C64H126O5/c1-3-5-7-9-11-13-15-17-19-21-23-25-27-29-30-31-32-33-35-37-39-41-43-45-47-49-51-53-55-57-59-64(67)69-62(60-65)61-68-63(66)58-56-54-52-50-48-46-44-42-40-38-36-34-28-26-24-22-20-18-16-14-12-10-8-6-4-2/h62,65H,3-61H2,1-2H3. The van der Waals surface area contributed by atoms with Gasteiger partial charge in [-0.15, -0.1) is 0 Å². The molecule has 0 rings (SSSR count). The molecule has 0 aliphatic carbocycles. The average Bonchev–Trinajstić information content (AvgIpc) is 3.35. The second-order valence-electron chi connectivity index (χ2n) is 22.2. The zero-order valence-electron chi connectivity index (χ0n) is 47.4. The monoisotopic (exact) mass is 975 g/mol. The first kappa shape index (κ1) is 67.9. The average molecular weight is 976 g/mol. The number of hydrogen-bond acceptors (Lipinski definition) is 5. The molecule has 0 radical (unpaired) electrons. The minimum Gasteiger partial charge on any atom is -0.462 e. The number of hydrogen-bond donors (Lipinski definition) is 1. The molecule has 0 aromatic carbocycles. The molecule has 0 saturated heterocycles. The van der Waals surface area contributed by atoms with Crippen LogP contribution >= 0.6 is 0 Å². The fourth-order valence-electron chi connectivity index (χ4n) is 10.3. The molecule has 1 unspecified atom stereocenters. The summed E-state index contributed by atoms with van der Waals surface area (Å²) in [5.74, 6) is -0.560. The molecule has 1 N–H and O–H groups in total. The molecule has 5 nitrogen and oxygen atoms in total. The van der Waals surface area contributed by atoms with Gasteiger partial charge in [-0.25, -0.2) is 0 Å². The van der Waals surface area contributed by atoms with Gasteiger partial charge >= 0.3 is 11.9 Å². The highest BCUT2D eigenvalue weighted by Crippen LogP contribution is 2.19. The first-order chi connectivity index (χ1) is 34.1. The minimum atomic E-state index is -0.765. The van der Waals surface area contributed by atoms with Gasteiger partial charge in [0.2, 0.25) is 0 Å². The van der Waals surface area contributed by atoms with E-state index in [1.54, 1.807) is 0 Å². The van der Waals surface area contributed by atoms with Gasteiger partial charge in [0.1, 0.15) is 6.61 Å². The lowest BCUT2D eigenvalue weighted by Crippen LogP contribution is -2.28. The molecule has 0 aromatic heterocycles. The van der Waals surface area contributed by atoms with Crippen LogP contribution < -0.4 is 0 Å². The van der Waals surface area contributed by atoms with Crippen molar-refractivity contribution in [2.45, 2.75) is 386 Å². The predicted octanol–water partition coefficient (Wildman–Crippen LogP) is 21.7. The highest BCUT2D eigenvalue weighted by Gasteiger charge is 2.16. The molecule has 0 heterocycles. The van der Waals surface area contributed by atoms with Crippen molar-refractivity contribution >= 4 is 11.9 Å². The Kier molecular flexibility index (Phi) is 60.2. The summed E-state index contributed by atoms with van der Waals surface area (Å²) in [5.41, 5.74) is 0. The van der Waals surface area contributed by atoms with E-state index in [0.717, 1.165) is 32.1 Å². The van der Waals surface area contributed by atoms with Crippen LogP contribution in [0.1, 0.15) is 380 Å². The van der Waals surface area contributed by atoms with Gasteiger partial charge in [-0.2, -0.15) is 0 Å². The maximum atomic E-state index is 12.3. The smallest absolute Gasteiger partial charge is 0.306 e. The third-order valence-electron chi connectivity index (χ3n) is 15.2. The molecule has 0 amide bonds. The van der Waals surface area contributed by atoms with Crippen LogP contribution in [0.3, 0.4) is 0 Å². The van der Waals surface area contributed by atoms with Crippen LogP contribution in [0.4, 0.5) is 0 Å². The van der Waals surface area contributed by atoms with Crippen molar-refractivity contribution in [3.63, 3.8) is 0 Å². The Labute approximate surface area is 433 Å². The maximum absolute atomic E-state index is 12.3. The molecule has 0 saturated carbocycles. The molecule has 412 valence electrons. The Morgan fingerprint density at radius 2 is 0.449 bits per heavy atom. The van der Waals surface area contributed by atoms with Crippen molar-refractivity contribution in [1.82, 2.24) is 0 Å². The number of esters is 2. The third kappa shape index (κ3) is 59.4. The van der Waals surface area contributed by atoms with Crippen LogP contribution in [0.2, 0.25) is 0 Å². The lowest BCUT2D eigenvalue weighted by molar-refractivity contribution is -0.161. The number of aliphatic hydroxyl groups excluding tert-OH is 1. The van der Waals surface area contributed by atoms with Crippen LogP contribution in [-0.2, 0) is 19.1 Å². The summed E-state index contributed by atoms with van der Waals surface area (Å²) in [6, 6.07) is 0. The highest BCUT2D eigenvalue weighted by atomic mass is 16.6. The largest absolute Gasteiger partial charge is 0.462 e. The number of unbranched alkanes of at least 4 members (excludes halogenated alkanes) is 53. The molecule has 5 heteroatoms. The minimum absolute atomic E-state index is 0.0554. The Balaban J connectivity index is 3.37. The Morgan fingerprint density at radius 1 is 0.275 bits per heavy atom. The number of carbonyl (C=O) groups excluding carboxylic acids is 2. The second kappa shape index (κ2) is 61.2. The molecule has 0 aromatic rings. The lowest BCUT2D eigenvalue weighted by atomic mass is 10.0. The van der Waals surface area contributed by atoms with Gasteiger partial charge in [-0.05, 0) is 12.8 Å². The van der Waals surface area contributed by atoms with Crippen molar-refractivity contribution in [3.8, 4) is 0 Å². The topological polar surface area (TPSA) is 72.8 Å². The summed E-state index contributed by atoms with van der Waals surface area (Å²) in [7, 11) is 0. The maximum Gasteiger partial charge on any atom is 0.306 e. The summed E-state index contributed by atoms with van der Waals surface area (Å²) in [5, 5.41) is 9.68. The van der Waals surface area contributed by atoms with E-state index in [9.17, 15) is 14.7 Å². The van der Waals surface area contributed by atoms with Gasteiger partial charge in [-0.3, -0.25) is 9.59 Å². The number of carbonyl (C=O) groups is 2. The van der Waals surface area contributed by atoms with Crippen LogP contribution in [0, 0.1) is 0 Å². The van der Waals surface area contributed by atoms with Crippen molar-refractivity contribution < 1.29 is 24.2 Å². The second-order valence-corrected chi connectivity index (χ2v) is 22.2. The molecule has 0 bridgehead atoms. The first-order valence-corrected chi connectivity index (χ1v) is 32.1. The molecule has 0 fully saturated rings. The summed E-state index contributed by atoms with van der Waals surface area (Å²) < 4.78 is 10.7. The van der Waals surface area contributed by atoms with Crippen molar-refractivity contribution in [1.29, 1.82) is 0 Å². The van der Waals surface area contributed by atoms with Gasteiger partial charge in [0.25, 0.3) is 0 Å². The Hall–Kier alpha value is -1.10. The molecular weight excluding hydrogens is 849 g/mol. The van der Waals surface area contributed by atoms with E-state index in [1.165, 1.54) is 321 Å². The number of rotatable bonds is 61. The fourth-order valence-corrected chi connectivity index (χ4v) is 10.3. The number of aliphatic hydroxyl groups is 1. The van der Waals surface area contributed by atoms with E-state index in [1.807, 2.05) is 0 Å². The van der Waals surface area contributed by atoms with Crippen LogP contribution in [-0.4, -0.2) is 36.4 Å². The summed E-state index contributed by atoms with van der Waals surface area (Å²) in [6.07, 6.45) is 75.5. The number of ether oxygens (including phenoxy) is 2. The lowest BCUT2D eigenvalue weighted by Gasteiger charge is -2.15. The van der Waals surface area contributed by atoms with E-state index >= 15 is 0 Å². The van der Waals surface area contributed by atoms with Gasteiger partial charge in [0.15, 0.2) is 6.10 Å². The van der Waals surface area contributed by atoms with Crippen molar-refractivity contribution in [3.05, 3.63) is 0 Å². The molecule has 69 heavy (non-hydrogen) atoms. The molecule has 0 aliphatic heterocycles. The Morgan fingerprint density at radius 3 is 0.638 bits per heavy atom. The molecule has 0 aliphatic rings. The molecule has 1 atom stereocenters. The van der Waals surface area contributed by atoms with E-state index in [2.05, 4.69) is 13.8 Å². The quantitative estimate of drug-likeness (QED) is 0.0486. The zero-order valence-corrected chi connectivity index (χ0v) is 47.4. The zero-order chi connectivity index (χ0) is 49.9. The fraction of sp³-hybridized carbons (Fsp3) is 0.969. The van der Waals surface area contributed by atoms with E-state index in [4.69, 9.17) is 9.47 Å². The first-order valence-electron chi connectivity index (χ1n) is 32.1. The van der Waals surface area contributed by atoms with Crippen LogP contribution in [0.15, 0.2) is 0 Å². The highest BCUT2D eigenvalue weighted by molar-refractivity contribution is 5.70. The van der Waals surface area contributed by atoms with Crippen LogP contribution in [0.25, 0.3) is 0 Å². The van der Waals surface area contributed by atoms with Gasteiger partial charge in [0.05, 0.1) is 6.61 Å². The van der Waals surface area contributed by atoms with Gasteiger partial charge in [0, 0.05) is 12.8 Å². The van der Waals surface area contributed by atoms with Gasteiger partial charge < -0.3 is 14.6 Å². The molecular formula is C64H126O5. The summed E-state index contributed by atoms with van der Waals surface area (Å²) in [4.78, 5) is 24.6. The van der Waals surface area contributed by atoms with Crippen LogP contribution in [0.5, 0.6) is 0 Å². The van der Waals surface area contributed by atoms with Crippen molar-refractivity contribution in [2.24, 2.45) is 0 Å². The van der Waals surface area contributed by atoms with E-state index in [-0.39, 0.29) is 25.2 Å². The predicted molar refractivity (Wildman–Crippen MR) is 302 cm³/mol. The van der Waals surface area contributed by atoms with Gasteiger partial charge in [-0.1, -0.05) is 354 Å². The van der Waals surface area contributed by atoms with Crippen molar-refractivity contribution in [2.75, 3.05) is 13.2 Å². The van der Waals surface area contributed by atoms with E-state index < -0.39 is 6.10 Å². The van der Waals surface area contributed by atoms with E-state index in [0.29, 0.717) is 12.8 Å². The normalized spacial score (nSPS) is 12.0. The third-order valence-corrected chi connectivity index (χ3v) is 15.2.